The van der Waals surface area contributed by atoms with E-state index < -0.39 is 16.1 Å². The summed E-state index contributed by atoms with van der Waals surface area (Å²) in [6.45, 7) is 3.31. The first-order chi connectivity index (χ1) is 8.40. The molecule has 2 N–H and O–H groups in total. The lowest BCUT2D eigenvalue weighted by molar-refractivity contribution is 0.216. The van der Waals surface area contributed by atoms with E-state index in [1.807, 2.05) is 6.07 Å². The number of sulfonamides is 1. The number of nitriles is 1. The summed E-state index contributed by atoms with van der Waals surface area (Å²) in [7, 11) is -3.67. The Morgan fingerprint density at radius 1 is 1.50 bits per heavy atom. The fourth-order valence-electron chi connectivity index (χ4n) is 1.19. The van der Waals surface area contributed by atoms with Gasteiger partial charge in [0.15, 0.2) is 0 Å². The first-order valence-electron chi connectivity index (χ1n) is 5.40. The van der Waals surface area contributed by atoms with Crippen molar-refractivity contribution in [3.05, 3.63) is 24.0 Å². The second-order valence-electron chi connectivity index (χ2n) is 4.06. The number of nitrogens with zero attached hydrogens (tertiary/aromatic N) is 2. The lowest BCUT2D eigenvalue weighted by atomic mass is 10.1. The van der Waals surface area contributed by atoms with E-state index in [9.17, 15) is 8.42 Å². The monoisotopic (exact) mass is 269 g/mol. The van der Waals surface area contributed by atoms with Crippen LogP contribution in [0.1, 0.15) is 19.5 Å². The van der Waals surface area contributed by atoms with Gasteiger partial charge in [0.1, 0.15) is 16.7 Å². The topological polar surface area (TPSA) is 103 Å². The van der Waals surface area contributed by atoms with Crippen molar-refractivity contribution >= 4 is 10.0 Å². The Hall–Kier alpha value is -1.49. The molecule has 2 atom stereocenters. The van der Waals surface area contributed by atoms with E-state index >= 15 is 0 Å². The number of rotatable bonds is 5. The third-order valence-corrected chi connectivity index (χ3v) is 4.19. The number of pyridine rings is 1. The Kier molecular flexibility index (Phi) is 4.78. The van der Waals surface area contributed by atoms with Gasteiger partial charge in [0, 0.05) is 18.8 Å². The standard InChI is InChI=1S/C11H15N3O3S/c1-8(7-15)9(2)14-18(16,17)11-4-3-10(5-12)13-6-11/h3-4,6,8-9,14-15H,7H2,1-2H3. The van der Waals surface area contributed by atoms with E-state index in [2.05, 4.69) is 9.71 Å². The van der Waals surface area contributed by atoms with Crippen molar-refractivity contribution in [2.45, 2.75) is 24.8 Å². The van der Waals surface area contributed by atoms with Crippen LogP contribution in [-0.2, 0) is 10.0 Å². The van der Waals surface area contributed by atoms with Gasteiger partial charge in [-0.25, -0.2) is 18.1 Å². The number of aliphatic hydroxyl groups is 1. The van der Waals surface area contributed by atoms with E-state index in [0.29, 0.717) is 0 Å². The van der Waals surface area contributed by atoms with Gasteiger partial charge in [-0.2, -0.15) is 5.26 Å². The summed E-state index contributed by atoms with van der Waals surface area (Å²) in [4.78, 5) is 3.70. The number of aliphatic hydroxyl groups excluding tert-OH is 1. The highest BCUT2D eigenvalue weighted by atomic mass is 32.2. The Balaban J connectivity index is 2.90. The van der Waals surface area contributed by atoms with Crippen LogP contribution >= 0.6 is 0 Å². The number of aromatic nitrogens is 1. The molecule has 7 heteroatoms. The zero-order valence-corrected chi connectivity index (χ0v) is 11.0. The molecule has 2 unspecified atom stereocenters. The summed E-state index contributed by atoms with van der Waals surface area (Å²) >= 11 is 0. The predicted molar refractivity (Wildman–Crippen MR) is 65.0 cm³/mol. The second kappa shape index (κ2) is 5.91. The highest BCUT2D eigenvalue weighted by Crippen LogP contribution is 2.10. The second-order valence-corrected chi connectivity index (χ2v) is 5.77. The smallest absolute Gasteiger partial charge is 0.242 e. The van der Waals surface area contributed by atoms with Gasteiger partial charge in [0.2, 0.25) is 10.0 Å². The van der Waals surface area contributed by atoms with Gasteiger partial charge in [0.05, 0.1) is 0 Å². The molecule has 6 nitrogen and oxygen atoms in total. The Labute approximate surface area is 106 Å². The average molecular weight is 269 g/mol. The lowest BCUT2D eigenvalue weighted by Gasteiger charge is -2.19. The summed E-state index contributed by atoms with van der Waals surface area (Å²) < 4.78 is 26.3. The largest absolute Gasteiger partial charge is 0.396 e. The lowest BCUT2D eigenvalue weighted by Crippen LogP contribution is -2.38. The van der Waals surface area contributed by atoms with Crippen LogP contribution < -0.4 is 4.72 Å². The van der Waals surface area contributed by atoms with Gasteiger partial charge in [-0.05, 0) is 25.0 Å². The van der Waals surface area contributed by atoms with Crippen LogP contribution in [0.15, 0.2) is 23.2 Å². The summed E-state index contributed by atoms with van der Waals surface area (Å²) in [6.07, 6.45) is 1.14. The van der Waals surface area contributed by atoms with E-state index in [4.69, 9.17) is 10.4 Å². The number of hydrogen-bond acceptors (Lipinski definition) is 5. The molecule has 1 heterocycles. The molecule has 0 amide bonds. The zero-order chi connectivity index (χ0) is 13.8. The minimum Gasteiger partial charge on any atom is -0.396 e. The zero-order valence-electron chi connectivity index (χ0n) is 10.2. The van der Waals surface area contributed by atoms with Crippen LogP contribution in [0, 0.1) is 17.2 Å². The number of nitrogens with one attached hydrogen (secondary N) is 1. The molecule has 1 aromatic heterocycles. The molecule has 0 bridgehead atoms. The molecule has 1 aromatic rings. The van der Waals surface area contributed by atoms with Gasteiger partial charge >= 0.3 is 0 Å². The molecular formula is C11H15N3O3S. The van der Waals surface area contributed by atoms with Gasteiger partial charge in [-0.3, -0.25) is 0 Å². The third-order valence-electron chi connectivity index (χ3n) is 2.64. The molecule has 1 rings (SSSR count). The quantitative estimate of drug-likeness (QED) is 0.797. The maximum Gasteiger partial charge on any atom is 0.242 e. The van der Waals surface area contributed by atoms with Gasteiger partial charge in [-0.15, -0.1) is 0 Å². The maximum atomic E-state index is 11.9. The van der Waals surface area contributed by atoms with Gasteiger partial charge in [0.25, 0.3) is 0 Å². The Morgan fingerprint density at radius 2 is 2.17 bits per heavy atom. The Morgan fingerprint density at radius 3 is 2.61 bits per heavy atom. The van der Waals surface area contributed by atoms with Crippen LogP contribution in [-0.4, -0.2) is 31.2 Å². The Bertz CT molecular complexity index is 534. The summed E-state index contributed by atoms with van der Waals surface area (Å²) in [5, 5.41) is 17.5. The highest BCUT2D eigenvalue weighted by Gasteiger charge is 2.21. The first-order valence-corrected chi connectivity index (χ1v) is 6.88. The number of hydrogen-bond donors (Lipinski definition) is 2. The summed E-state index contributed by atoms with van der Waals surface area (Å²) in [6, 6.07) is 4.09. The van der Waals surface area contributed by atoms with E-state index in [0.717, 1.165) is 6.20 Å². The van der Waals surface area contributed by atoms with Gasteiger partial charge < -0.3 is 5.11 Å². The molecule has 0 saturated carbocycles. The van der Waals surface area contributed by atoms with Crippen molar-refractivity contribution < 1.29 is 13.5 Å². The van der Waals surface area contributed by atoms with Crippen molar-refractivity contribution in [3.63, 3.8) is 0 Å². The molecule has 0 spiro atoms. The van der Waals surface area contributed by atoms with Crippen LogP contribution in [0.3, 0.4) is 0 Å². The highest BCUT2D eigenvalue weighted by molar-refractivity contribution is 7.89. The SMILES string of the molecule is CC(CO)C(C)NS(=O)(=O)c1ccc(C#N)nc1. The van der Waals surface area contributed by atoms with Crippen molar-refractivity contribution in [1.29, 1.82) is 5.26 Å². The molecule has 0 aliphatic rings. The average Bonchev–Trinajstić information content (AvgIpc) is 2.37. The molecular weight excluding hydrogens is 254 g/mol. The van der Waals surface area contributed by atoms with E-state index in [-0.39, 0.29) is 23.1 Å². The minimum atomic E-state index is -3.67. The van der Waals surface area contributed by atoms with Crippen molar-refractivity contribution in [1.82, 2.24) is 9.71 Å². The molecule has 0 aromatic carbocycles. The molecule has 0 radical (unpaired) electrons. The first kappa shape index (κ1) is 14.6. The predicted octanol–water partition coefficient (Wildman–Crippen LogP) is 0.248. The summed E-state index contributed by atoms with van der Waals surface area (Å²) in [5.74, 6) is -0.189. The maximum absolute atomic E-state index is 11.9. The fraction of sp³-hybridized carbons (Fsp3) is 0.455. The molecule has 0 aliphatic carbocycles. The van der Waals surface area contributed by atoms with Crippen molar-refractivity contribution in [3.8, 4) is 6.07 Å². The van der Waals surface area contributed by atoms with Gasteiger partial charge in [-0.1, -0.05) is 6.92 Å². The molecule has 98 valence electrons. The van der Waals surface area contributed by atoms with Crippen LogP contribution in [0.2, 0.25) is 0 Å². The molecule has 0 saturated heterocycles. The van der Waals surface area contributed by atoms with E-state index in [1.54, 1.807) is 13.8 Å². The van der Waals surface area contributed by atoms with Crippen molar-refractivity contribution in [2.75, 3.05) is 6.61 Å². The van der Waals surface area contributed by atoms with Crippen LogP contribution in [0.5, 0.6) is 0 Å². The van der Waals surface area contributed by atoms with Crippen LogP contribution in [0.25, 0.3) is 0 Å². The van der Waals surface area contributed by atoms with Crippen molar-refractivity contribution in [2.24, 2.45) is 5.92 Å². The summed E-state index contributed by atoms with van der Waals surface area (Å²) in [5.41, 5.74) is 0.158. The molecule has 18 heavy (non-hydrogen) atoms. The van der Waals surface area contributed by atoms with E-state index in [1.165, 1.54) is 12.1 Å². The minimum absolute atomic E-state index is 0.00140. The normalized spacial score (nSPS) is 14.8. The molecule has 0 aliphatic heterocycles. The van der Waals surface area contributed by atoms with Crippen LogP contribution in [0.4, 0.5) is 0 Å². The third kappa shape index (κ3) is 3.50. The molecule has 0 fully saturated rings. The fourth-order valence-corrected chi connectivity index (χ4v) is 2.49.